The summed E-state index contributed by atoms with van der Waals surface area (Å²) in [6.45, 7) is 3.48. The van der Waals surface area contributed by atoms with Crippen LogP contribution in [-0.2, 0) is 0 Å². The molecule has 1 unspecified atom stereocenters. The van der Waals surface area contributed by atoms with Gasteiger partial charge >= 0.3 is 0 Å². The Morgan fingerprint density at radius 1 is 1.60 bits per heavy atom. The van der Waals surface area contributed by atoms with E-state index >= 15 is 0 Å². The Kier molecular flexibility index (Phi) is 3.62. The normalized spacial score (nSPS) is 12.2. The van der Waals surface area contributed by atoms with Crippen molar-refractivity contribution in [3.8, 4) is 0 Å². The lowest BCUT2D eigenvalue weighted by molar-refractivity contribution is -0.385. The van der Waals surface area contributed by atoms with Crippen LogP contribution in [0.25, 0.3) is 0 Å². The Morgan fingerprint density at radius 2 is 2.27 bits per heavy atom. The summed E-state index contributed by atoms with van der Waals surface area (Å²) in [5.74, 6) is 0. The van der Waals surface area contributed by atoms with Crippen molar-refractivity contribution in [2.45, 2.75) is 19.9 Å². The molecule has 82 valence electrons. The zero-order valence-corrected chi connectivity index (χ0v) is 8.73. The van der Waals surface area contributed by atoms with Gasteiger partial charge < -0.3 is 10.4 Å². The molecule has 0 aromatic heterocycles. The Bertz CT molecular complexity index is 366. The van der Waals surface area contributed by atoms with Crippen molar-refractivity contribution in [3.05, 3.63) is 33.9 Å². The van der Waals surface area contributed by atoms with Gasteiger partial charge in [0.15, 0.2) is 0 Å². The highest BCUT2D eigenvalue weighted by Crippen LogP contribution is 2.25. The molecule has 0 heterocycles. The second-order valence-electron chi connectivity index (χ2n) is 3.43. The standard InChI is InChI=1S/C10H14N2O3/c1-7(6-13)11-9-4-3-5-10(8(9)2)12(14)15/h3-5,7,11,13H,6H2,1-2H3. The number of rotatable bonds is 4. The number of aliphatic hydroxyl groups is 1. The second kappa shape index (κ2) is 4.75. The zero-order chi connectivity index (χ0) is 11.4. The third-order valence-electron chi connectivity index (χ3n) is 2.18. The van der Waals surface area contributed by atoms with Gasteiger partial charge in [0.1, 0.15) is 0 Å². The van der Waals surface area contributed by atoms with Crippen LogP contribution in [0.15, 0.2) is 18.2 Å². The van der Waals surface area contributed by atoms with Gasteiger partial charge in [-0.1, -0.05) is 6.07 Å². The summed E-state index contributed by atoms with van der Waals surface area (Å²) in [5, 5.41) is 22.5. The molecule has 0 bridgehead atoms. The summed E-state index contributed by atoms with van der Waals surface area (Å²) < 4.78 is 0. The molecule has 1 atom stereocenters. The molecule has 1 rings (SSSR count). The molecule has 5 heteroatoms. The number of aliphatic hydroxyl groups excluding tert-OH is 1. The van der Waals surface area contributed by atoms with Crippen molar-refractivity contribution < 1.29 is 10.0 Å². The van der Waals surface area contributed by atoms with Crippen molar-refractivity contribution >= 4 is 11.4 Å². The first kappa shape index (κ1) is 11.5. The summed E-state index contributed by atoms with van der Waals surface area (Å²) in [7, 11) is 0. The first-order chi connectivity index (χ1) is 7.06. The highest BCUT2D eigenvalue weighted by molar-refractivity contribution is 5.60. The fraction of sp³-hybridized carbons (Fsp3) is 0.400. The minimum atomic E-state index is -0.413. The van der Waals surface area contributed by atoms with E-state index < -0.39 is 4.92 Å². The SMILES string of the molecule is Cc1c(NC(C)CO)cccc1[N+](=O)[O-]. The van der Waals surface area contributed by atoms with Crippen LogP contribution in [-0.4, -0.2) is 22.7 Å². The van der Waals surface area contributed by atoms with E-state index in [1.54, 1.807) is 26.0 Å². The van der Waals surface area contributed by atoms with E-state index in [0.717, 1.165) is 0 Å². The molecule has 0 spiro atoms. The van der Waals surface area contributed by atoms with Gasteiger partial charge in [-0.05, 0) is 19.9 Å². The molecule has 15 heavy (non-hydrogen) atoms. The quantitative estimate of drug-likeness (QED) is 0.585. The minimum absolute atomic E-state index is 0.0118. The van der Waals surface area contributed by atoms with Crippen LogP contribution in [0.5, 0.6) is 0 Å². The minimum Gasteiger partial charge on any atom is -0.394 e. The lowest BCUT2D eigenvalue weighted by atomic mass is 10.1. The van der Waals surface area contributed by atoms with Gasteiger partial charge in [-0.3, -0.25) is 10.1 Å². The van der Waals surface area contributed by atoms with E-state index in [4.69, 9.17) is 5.11 Å². The Hall–Kier alpha value is -1.62. The summed E-state index contributed by atoms with van der Waals surface area (Å²) in [5.41, 5.74) is 1.36. The molecule has 0 amide bonds. The number of anilines is 1. The first-order valence-electron chi connectivity index (χ1n) is 4.67. The van der Waals surface area contributed by atoms with Crippen molar-refractivity contribution in [3.63, 3.8) is 0 Å². The van der Waals surface area contributed by atoms with Gasteiger partial charge in [0.2, 0.25) is 0 Å². The summed E-state index contributed by atoms with van der Waals surface area (Å²) in [6, 6.07) is 4.72. The molecule has 1 aromatic carbocycles. The van der Waals surface area contributed by atoms with Gasteiger partial charge in [-0.2, -0.15) is 0 Å². The lowest BCUT2D eigenvalue weighted by Crippen LogP contribution is -2.19. The maximum Gasteiger partial charge on any atom is 0.274 e. The number of hydrogen-bond acceptors (Lipinski definition) is 4. The van der Waals surface area contributed by atoms with E-state index in [-0.39, 0.29) is 18.3 Å². The van der Waals surface area contributed by atoms with E-state index in [9.17, 15) is 10.1 Å². The zero-order valence-electron chi connectivity index (χ0n) is 8.73. The van der Waals surface area contributed by atoms with Gasteiger partial charge in [0.25, 0.3) is 5.69 Å². The molecule has 0 saturated heterocycles. The molecule has 2 N–H and O–H groups in total. The van der Waals surface area contributed by atoms with Crippen LogP contribution in [0, 0.1) is 17.0 Å². The van der Waals surface area contributed by atoms with E-state index in [0.29, 0.717) is 11.3 Å². The van der Waals surface area contributed by atoms with Gasteiger partial charge in [-0.15, -0.1) is 0 Å². The Labute approximate surface area is 87.9 Å². The highest BCUT2D eigenvalue weighted by Gasteiger charge is 2.13. The third kappa shape index (κ3) is 2.66. The molecule has 5 nitrogen and oxygen atoms in total. The average Bonchev–Trinajstić information content (AvgIpc) is 2.20. The molecule has 0 saturated carbocycles. The maximum absolute atomic E-state index is 10.7. The number of nitrogens with zero attached hydrogens (tertiary/aromatic N) is 1. The largest absolute Gasteiger partial charge is 0.394 e. The van der Waals surface area contributed by atoms with Gasteiger partial charge in [-0.25, -0.2) is 0 Å². The van der Waals surface area contributed by atoms with E-state index in [1.165, 1.54) is 6.07 Å². The summed E-state index contributed by atoms with van der Waals surface area (Å²) >= 11 is 0. The van der Waals surface area contributed by atoms with Crippen molar-refractivity contribution in [1.82, 2.24) is 0 Å². The molecule has 0 aliphatic heterocycles. The lowest BCUT2D eigenvalue weighted by Gasteiger charge is -2.14. The number of nitro benzene ring substituents is 1. The molecule has 0 fully saturated rings. The number of nitrogens with one attached hydrogen (secondary N) is 1. The van der Waals surface area contributed by atoms with Crippen molar-refractivity contribution in [1.29, 1.82) is 0 Å². The first-order valence-corrected chi connectivity index (χ1v) is 4.67. The van der Waals surface area contributed by atoms with Gasteiger partial charge in [0.05, 0.1) is 11.5 Å². The maximum atomic E-state index is 10.7. The predicted octanol–water partition coefficient (Wildman–Crippen LogP) is 1.70. The number of hydrogen-bond donors (Lipinski definition) is 2. The van der Waals surface area contributed by atoms with Crippen molar-refractivity contribution in [2.75, 3.05) is 11.9 Å². The molecule has 0 aliphatic carbocycles. The highest BCUT2D eigenvalue weighted by atomic mass is 16.6. The van der Waals surface area contributed by atoms with Crippen LogP contribution in [0.2, 0.25) is 0 Å². The third-order valence-corrected chi connectivity index (χ3v) is 2.18. The molecule has 0 radical (unpaired) electrons. The monoisotopic (exact) mass is 210 g/mol. The van der Waals surface area contributed by atoms with Crippen LogP contribution < -0.4 is 5.32 Å². The van der Waals surface area contributed by atoms with Crippen LogP contribution in [0.3, 0.4) is 0 Å². The Morgan fingerprint density at radius 3 is 2.80 bits per heavy atom. The van der Waals surface area contributed by atoms with Crippen LogP contribution >= 0.6 is 0 Å². The predicted molar refractivity (Wildman–Crippen MR) is 58.0 cm³/mol. The molecule has 1 aromatic rings. The second-order valence-corrected chi connectivity index (χ2v) is 3.43. The fourth-order valence-electron chi connectivity index (χ4n) is 1.29. The van der Waals surface area contributed by atoms with E-state index in [1.807, 2.05) is 0 Å². The fourth-order valence-corrected chi connectivity index (χ4v) is 1.29. The van der Waals surface area contributed by atoms with E-state index in [2.05, 4.69) is 5.32 Å². The topological polar surface area (TPSA) is 75.4 Å². The number of nitro groups is 1. The summed E-state index contributed by atoms with van der Waals surface area (Å²) in [4.78, 5) is 10.2. The van der Waals surface area contributed by atoms with Crippen molar-refractivity contribution in [2.24, 2.45) is 0 Å². The number of benzene rings is 1. The summed E-state index contributed by atoms with van der Waals surface area (Å²) in [6.07, 6.45) is 0. The van der Waals surface area contributed by atoms with Crippen LogP contribution in [0.1, 0.15) is 12.5 Å². The smallest absolute Gasteiger partial charge is 0.274 e. The molecular weight excluding hydrogens is 196 g/mol. The molecular formula is C10H14N2O3. The molecule has 0 aliphatic rings. The Balaban J connectivity index is 2.99. The average molecular weight is 210 g/mol. The van der Waals surface area contributed by atoms with Gasteiger partial charge in [0, 0.05) is 23.4 Å². The van der Waals surface area contributed by atoms with Crippen LogP contribution in [0.4, 0.5) is 11.4 Å².